The van der Waals surface area contributed by atoms with Gasteiger partial charge in [0.1, 0.15) is 5.75 Å². The second kappa shape index (κ2) is 8.76. The molecule has 1 aromatic heterocycles. The highest BCUT2D eigenvalue weighted by Gasteiger charge is 2.34. The number of benzene rings is 1. The Morgan fingerprint density at radius 1 is 1.25 bits per heavy atom. The van der Waals surface area contributed by atoms with Gasteiger partial charge in [0, 0.05) is 25.4 Å². The third kappa shape index (κ3) is 4.54. The van der Waals surface area contributed by atoms with E-state index in [-0.39, 0.29) is 11.8 Å². The maximum atomic E-state index is 12.7. The lowest BCUT2D eigenvalue weighted by Gasteiger charge is -2.26. The van der Waals surface area contributed by atoms with E-state index < -0.39 is 0 Å². The molecule has 1 aromatic carbocycles. The SMILES string of the molecule is Cc1cccc(OCCc2noc(C3CCN(C(=O)C4CCCCC4)C3)n2)c1. The molecule has 150 valence electrons. The lowest BCUT2D eigenvalue weighted by molar-refractivity contribution is -0.135. The first-order valence-corrected chi connectivity index (χ1v) is 10.5. The molecule has 1 atom stereocenters. The van der Waals surface area contributed by atoms with Gasteiger partial charge in [0.2, 0.25) is 11.8 Å². The van der Waals surface area contributed by atoms with Crippen molar-refractivity contribution in [1.29, 1.82) is 0 Å². The summed E-state index contributed by atoms with van der Waals surface area (Å²) in [5, 5.41) is 4.10. The normalized spacial score (nSPS) is 20.5. The Morgan fingerprint density at radius 3 is 2.93 bits per heavy atom. The molecule has 1 saturated heterocycles. The summed E-state index contributed by atoms with van der Waals surface area (Å²) in [6.45, 7) is 4.06. The van der Waals surface area contributed by atoms with Gasteiger partial charge >= 0.3 is 0 Å². The fraction of sp³-hybridized carbons (Fsp3) is 0.591. The second-order valence-corrected chi connectivity index (χ2v) is 8.07. The van der Waals surface area contributed by atoms with Gasteiger partial charge in [0.15, 0.2) is 5.82 Å². The molecule has 0 radical (unpaired) electrons. The fourth-order valence-electron chi connectivity index (χ4n) is 4.27. The third-order valence-electron chi connectivity index (χ3n) is 5.87. The van der Waals surface area contributed by atoms with E-state index in [1.807, 2.05) is 36.1 Å². The van der Waals surface area contributed by atoms with E-state index in [4.69, 9.17) is 9.26 Å². The first kappa shape index (κ1) is 19.0. The monoisotopic (exact) mass is 383 g/mol. The van der Waals surface area contributed by atoms with Crippen LogP contribution in [0.5, 0.6) is 5.75 Å². The number of likely N-dealkylation sites (tertiary alicyclic amines) is 1. The van der Waals surface area contributed by atoms with Crippen LogP contribution in [0.1, 0.15) is 61.7 Å². The summed E-state index contributed by atoms with van der Waals surface area (Å²) < 4.78 is 11.3. The predicted molar refractivity (Wildman–Crippen MR) is 105 cm³/mol. The number of nitrogens with zero attached hydrogens (tertiary/aromatic N) is 3. The minimum absolute atomic E-state index is 0.159. The highest BCUT2D eigenvalue weighted by molar-refractivity contribution is 5.79. The van der Waals surface area contributed by atoms with Crippen molar-refractivity contribution in [1.82, 2.24) is 15.0 Å². The number of aromatic nitrogens is 2. The standard InChI is InChI=1S/C22H29N3O3/c1-16-6-5-9-19(14-16)27-13-11-20-23-21(28-24-20)18-10-12-25(15-18)22(26)17-7-3-2-4-8-17/h5-6,9,14,17-18H,2-4,7-8,10-13,15H2,1H3. The topological polar surface area (TPSA) is 68.5 Å². The highest BCUT2D eigenvalue weighted by Crippen LogP contribution is 2.31. The summed E-state index contributed by atoms with van der Waals surface area (Å²) in [4.78, 5) is 19.3. The van der Waals surface area contributed by atoms with Crippen LogP contribution in [-0.2, 0) is 11.2 Å². The molecule has 1 saturated carbocycles. The summed E-state index contributed by atoms with van der Waals surface area (Å²) in [7, 11) is 0. The number of carbonyl (C=O) groups excluding carboxylic acids is 1. The molecule has 2 heterocycles. The fourth-order valence-corrected chi connectivity index (χ4v) is 4.27. The van der Waals surface area contributed by atoms with Crippen LogP contribution in [0.2, 0.25) is 0 Å². The maximum Gasteiger partial charge on any atom is 0.231 e. The molecule has 2 aromatic rings. The Kier molecular flexibility index (Phi) is 5.93. The summed E-state index contributed by atoms with van der Waals surface area (Å²) in [5.41, 5.74) is 1.17. The smallest absolute Gasteiger partial charge is 0.231 e. The number of rotatable bonds is 6. The number of ether oxygens (including phenoxy) is 1. The van der Waals surface area contributed by atoms with Crippen LogP contribution in [-0.4, -0.2) is 40.6 Å². The van der Waals surface area contributed by atoms with Crippen molar-refractivity contribution in [2.75, 3.05) is 19.7 Å². The number of carbonyl (C=O) groups is 1. The molecular weight excluding hydrogens is 354 g/mol. The van der Waals surface area contributed by atoms with E-state index in [1.54, 1.807) is 0 Å². The van der Waals surface area contributed by atoms with Crippen LogP contribution < -0.4 is 4.74 Å². The van der Waals surface area contributed by atoms with Crippen molar-refractivity contribution < 1.29 is 14.1 Å². The average molecular weight is 383 g/mol. The van der Waals surface area contributed by atoms with Crippen LogP contribution >= 0.6 is 0 Å². The van der Waals surface area contributed by atoms with E-state index in [1.165, 1.54) is 24.8 Å². The predicted octanol–water partition coefficient (Wildman–Crippen LogP) is 3.90. The zero-order valence-electron chi connectivity index (χ0n) is 16.6. The summed E-state index contributed by atoms with van der Waals surface area (Å²) >= 11 is 0. The Labute approximate surface area is 166 Å². The highest BCUT2D eigenvalue weighted by atomic mass is 16.5. The van der Waals surface area contributed by atoms with Gasteiger partial charge < -0.3 is 14.2 Å². The minimum atomic E-state index is 0.159. The van der Waals surface area contributed by atoms with Gasteiger partial charge in [-0.2, -0.15) is 4.98 Å². The van der Waals surface area contributed by atoms with Crippen LogP contribution in [0.25, 0.3) is 0 Å². The quantitative estimate of drug-likeness (QED) is 0.757. The van der Waals surface area contributed by atoms with Gasteiger partial charge in [-0.15, -0.1) is 0 Å². The summed E-state index contributed by atoms with van der Waals surface area (Å²) in [6.07, 6.45) is 7.24. The van der Waals surface area contributed by atoms with Crippen molar-refractivity contribution in [3.63, 3.8) is 0 Å². The zero-order chi connectivity index (χ0) is 19.3. The lowest BCUT2D eigenvalue weighted by atomic mass is 9.88. The molecule has 1 aliphatic heterocycles. The maximum absolute atomic E-state index is 12.7. The first-order valence-electron chi connectivity index (χ1n) is 10.5. The molecular formula is C22H29N3O3. The van der Waals surface area contributed by atoms with E-state index in [0.29, 0.717) is 37.2 Å². The van der Waals surface area contributed by atoms with E-state index in [2.05, 4.69) is 10.1 Å². The average Bonchev–Trinajstić information content (AvgIpc) is 3.38. The van der Waals surface area contributed by atoms with Gasteiger partial charge in [-0.3, -0.25) is 4.79 Å². The van der Waals surface area contributed by atoms with Crippen molar-refractivity contribution in [3.8, 4) is 5.75 Å². The zero-order valence-corrected chi connectivity index (χ0v) is 16.6. The summed E-state index contributed by atoms with van der Waals surface area (Å²) in [5.74, 6) is 2.89. The molecule has 0 bridgehead atoms. The number of hydrogen-bond donors (Lipinski definition) is 0. The molecule has 2 aliphatic rings. The van der Waals surface area contributed by atoms with Gasteiger partial charge in [0.25, 0.3) is 0 Å². The molecule has 6 heteroatoms. The van der Waals surface area contributed by atoms with Gasteiger partial charge in [-0.25, -0.2) is 0 Å². The Bertz CT molecular complexity index is 798. The summed E-state index contributed by atoms with van der Waals surface area (Å²) in [6, 6.07) is 7.99. The Morgan fingerprint density at radius 2 is 2.11 bits per heavy atom. The van der Waals surface area contributed by atoms with E-state index in [9.17, 15) is 4.79 Å². The molecule has 28 heavy (non-hydrogen) atoms. The Hall–Kier alpha value is -2.37. The van der Waals surface area contributed by atoms with Crippen LogP contribution in [0.15, 0.2) is 28.8 Å². The van der Waals surface area contributed by atoms with Gasteiger partial charge in [0.05, 0.1) is 12.5 Å². The molecule has 0 spiro atoms. The molecule has 6 nitrogen and oxygen atoms in total. The van der Waals surface area contributed by atoms with Gasteiger partial charge in [-0.05, 0) is 43.9 Å². The van der Waals surface area contributed by atoms with Crippen LogP contribution in [0, 0.1) is 12.8 Å². The third-order valence-corrected chi connectivity index (χ3v) is 5.87. The Balaban J connectivity index is 1.26. The minimum Gasteiger partial charge on any atom is -0.493 e. The van der Waals surface area contributed by atoms with Crippen molar-refractivity contribution >= 4 is 5.91 Å². The number of amides is 1. The van der Waals surface area contributed by atoms with Crippen molar-refractivity contribution in [3.05, 3.63) is 41.5 Å². The molecule has 0 N–H and O–H groups in total. The second-order valence-electron chi connectivity index (χ2n) is 8.07. The molecule has 1 aliphatic carbocycles. The van der Waals surface area contributed by atoms with Crippen LogP contribution in [0.4, 0.5) is 0 Å². The van der Waals surface area contributed by atoms with Gasteiger partial charge in [-0.1, -0.05) is 36.6 Å². The number of aryl methyl sites for hydroxylation is 1. The first-order chi connectivity index (χ1) is 13.7. The molecule has 1 amide bonds. The largest absolute Gasteiger partial charge is 0.493 e. The molecule has 2 fully saturated rings. The van der Waals surface area contributed by atoms with E-state index >= 15 is 0 Å². The lowest BCUT2D eigenvalue weighted by Crippen LogP contribution is -2.35. The molecule has 1 unspecified atom stereocenters. The number of hydrogen-bond acceptors (Lipinski definition) is 5. The molecule has 4 rings (SSSR count). The van der Waals surface area contributed by atoms with Crippen molar-refractivity contribution in [2.24, 2.45) is 5.92 Å². The van der Waals surface area contributed by atoms with Crippen LogP contribution in [0.3, 0.4) is 0 Å². The van der Waals surface area contributed by atoms with E-state index in [0.717, 1.165) is 31.6 Å². The van der Waals surface area contributed by atoms with Crippen molar-refractivity contribution in [2.45, 2.75) is 57.8 Å².